The van der Waals surface area contributed by atoms with Crippen LogP contribution in [-0.2, 0) is 4.65 Å². The summed E-state index contributed by atoms with van der Waals surface area (Å²) >= 11 is 0. The molecule has 5 heteroatoms. The average Bonchev–Trinajstić information content (AvgIpc) is 2.09. The fourth-order valence-electron chi connectivity index (χ4n) is 1.18. The van der Waals surface area contributed by atoms with Crippen LogP contribution in [0, 0.1) is 0 Å². The normalized spacial score (nSPS) is 11.1. The topological polar surface area (TPSA) is 41.6 Å². The molecule has 2 radical (unpaired) electrons. The van der Waals surface area contributed by atoms with E-state index < -0.39 is 0 Å². The summed E-state index contributed by atoms with van der Waals surface area (Å²) in [4.78, 5) is 13.3. The van der Waals surface area contributed by atoms with E-state index in [0.717, 1.165) is 6.42 Å². The number of nitrogens with one attached hydrogen (secondary N) is 1. The molecule has 0 aromatic carbocycles. The lowest BCUT2D eigenvalue weighted by atomic mass is 10.1. The first-order valence-corrected chi connectivity index (χ1v) is 4.74. The molecule has 0 bridgehead atoms. The molecule has 2 amide bonds. The number of hydrogen-bond acceptors (Lipinski definition) is 2. The van der Waals surface area contributed by atoms with Crippen LogP contribution < -0.4 is 5.32 Å². The molecule has 0 saturated heterocycles. The summed E-state index contributed by atoms with van der Waals surface area (Å²) in [5, 5.41) is 2.61. The first-order valence-electron chi connectivity index (χ1n) is 4.74. The van der Waals surface area contributed by atoms with Gasteiger partial charge < -0.3 is 14.9 Å². The monoisotopic (exact) mass is 198 g/mol. The van der Waals surface area contributed by atoms with E-state index in [1.807, 2.05) is 20.8 Å². The van der Waals surface area contributed by atoms with E-state index in [2.05, 4.69) is 9.97 Å². The van der Waals surface area contributed by atoms with Crippen LogP contribution in [0.3, 0.4) is 0 Å². The number of rotatable bonds is 4. The molecule has 0 saturated carbocycles. The molecule has 0 aromatic heterocycles. The van der Waals surface area contributed by atoms with Gasteiger partial charge in [-0.3, -0.25) is 0 Å². The van der Waals surface area contributed by atoms with Gasteiger partial charge in [-0.25, -0.2) is 4.79 Å². The third-order valence-corrected chi connectivity index (χ3v) is 1.91. The van der Waals surface area contributed by atoms with Crippen LogP contribution in [0.15, 0.2) is 0 Å². The Hall–Kier alpha value is -0.705. The Morgan fingerprint density at radius 2 is 2.07 bits per heavy atom. The Kier molecular flexibility index (Phi) is 5.61. The van der Waals surface area contributed by atoms with Crippen molar-refractivity contribution in [1.82, 2.24) is 10.2 Å². The van der Waals surface area contributed by atoms with Crippen LogP contribution >= 0.6 is 0 Å². The number of carbonyl (C=O) groups excluding carboxylic acids is 1. The molecule has 0 atom stereocenters. The Morgan fingerprint density at radius 3 is 2.43 bits per heavy atom. The van der Waals surface area contributed by atoms with Crippen LogP contribution in [0.5, 0.6) is 0 Å². The van der Waals surface area contributed by atoms with E-state index in [-0.39, 0.29) is 11.6 Å². The van der Waals surface area contributed by atoms with Crippen molar-refractivity contribution in [3.8, 4) is 0 Å². The molecular weight excluding hydrogens is 179 g/mol. The van der Waals surface area contributed by atoms with Crippen LogP contribution in [0.1, 0.15) is 27.2 Å². The lowest BCUT2D eigenvalue weighted by Gasteiger charge is -2.35. The van der Waals surface area contributed by atoms with Crippen LogP contribution in [-0.4, -0.2) is 44.7 Å². The summed E-state index contributed by atoms with van der Waals surface area (Å²) in [5.74, 6) is 0. The zero-order valence-corrected chi connectivity index (χ0v) is 9.46. The van der Waals surface area contributed by atoms with Gasteiger partial charge in [-0.1, -0.05) is 0 Å². The summed E-state index contributed by atoms with van der Waals surface area (Å²) < 4.78 is 4.46. The van der Waals surface area contributed by atoms with Gasteiger partial charge in [0.15, 0.2) is 0 Å². The van der Waals surface area contributed by atoms with E-state index in [1.165, 1.54) is 0 Å². The minimum atomic E-state index is -0.186. The average molecular weight is 198 g/mol. The largest absolute Gasteiger partial charge is 0.448 e. The van der Waals surface area contributed by atoms with Gasteiger partial charge in [-0.2, -0.15) is 0 Å². The van der Waals surface area contributed by atoms with Crippen LogP contribution in [0.4, 0.5) is 4.79 Å². The second kappa shape index (κ2) is 5.91. The molecule has 0 rings (SSSR count). The smallest absolute Gasteiger partial charge is 0.317 e. The maximum Gasteiger partial charge on any atom is 0.317 e. The lowest BCUT2D eigenvalue weighted by Crippen LogP contribution is -2.50. The summed E-state index contributed by atoms with van der Waals surface area (Å²) in [5.41, 5.74) is -0.186. The quantitative estimate of drug-likeness (QED) is 0.539. The number of hydrogen-bond donors (Lipinski definition) is 1. The molecule has 14 heavy (non-hydrogen) atoms. The standard InChI is InChI=1S/C9H19BN2O2/c1-9(2,3)12(8(13)11-4)6-5-7-14-10/h5-7H2,1-4H3,(H,11,13). The predicted octanol–water partition coefficient (Wildman–Crippen LogP) is 0.916. The summed E-state index contributed by atoms with van der Waals surface area (Å²) in [6.07, 6.45) is 0.737. The second-order valence-corrected chi connectivity index (χ2v) is 4.10. The SMILES string of the molecule is [B]OCCCN(C(=O)NC)C(C)(C)C. The maximum atomic E-state index is 11.5. The summed E-state index contributed by atoms with van der Waals surface area (Å²) in [6.45, 7) is 7.08. The van der Waals surface area contributed by atoms with E-state index in [4.69, 9.17) is 8.05 Å². The van der Waals surface area contributed by atoms with Gasteiger partial charge in [0.2, 0.25) is 0 Å². The number of amides is 2. The van der Waals surface area contributed by atoms with E-state index in [1.54, 1.807) is 11.9 Å². The van der Waals surface area contributed by atoms with Crippen LogP contribution in [0.25, 0.3) is 0 Å². The van der Waals surface area contributed by atoms with Gasteiger partial charge >= 0.3 is 6.03 Å². The molecule has 0 aliphatic heterocycles. The summed E-state index contributed by atoms with van der Waals surface area (Å²) in [6, 6.07) is -0.0745. The lowest BCUT2D eigenvalue weighted by molar-refractivity contribution is 0.140. The van der Waals surface area contributed by atoms with Crippen molar-refractivity contribution < 1.29 is 9.45 Å². The number of nitrogens with zero attached hydrogens (tertiary/aromatic N) is 1. The molecule has 1 N–H and O–H groups in total. The number of urea groups is 1. The van der Waals surface area contributed by atoms with Gasteiger partial charge in [0.25, 0.3) is 8.05 Å². The number of carbonyl (C=O) groups is 1. The van der Waals surface area contributed by atoms with Gasteiger partial charge in [0.05, 0.1) is 0 Å². The predicted molar refractivity (Wildman–Crippen MR) is 57.2 cm³/mol. The zero-order chi connectivity index (χ0) is 11.2. The molecule has 4 nitrogen and oxygen atoms in total. The van der Waals surface area contributed by atoms with Crippen molar-refractivity contribution in [2.24, 2.45) is 0 Å². The minimum absolute atomic E-state index is 0.0745. The van der Waals surface area contributed by atoms with Crippen molar-refractivity contribution in [1.29, 1.82) is 0 Å². The highest BCUT2D eigenvalue weighted by Crippen LogP contribution is 2.13. The van der Waals surface area contributed by atoms with E-state index in [9.17, 15) is 4.79 Å². The molecule has 0 spiro atoms. The fourth-order valence-corrected chi connectivity index (χ4v) is 1.18. The Morgan fingerprint density at radius 1 is 1.50 bits per heavy atom. The second-order valence-electron chi connectivity index (χ2n) is 4.10. The highest BCUT2D eigenvalue weighted by molar-refractivity contribution is 5.97. The summed E-state index contributed by atoms with van der Waals surface area (Å²) in [7, 11) is 6.54. The molecule has 0 heterocycles. The minimum Gasteiger partial charge on any atom is -0.448 e. The van der Waals surface area contributed by atoms with Gasteiger partial charge in [-0.15, -0.1) is 0 Å². The van der Waals surface area contributed by atoms with Gasteiger partial charge in [0, 0.05) is 25.7 Å². The zero-order valence-electron chi connectivity index (χ0n) is 9.46. The maximum absolute atomic E-state index is 11.5. The van der Waals surface area contributed by atoms with Crippen LogP contribution in [0.2, 0.25) is 0 Å². The van der Waals surface area contributed by atoms with E-state index >= 15 is 0 Å². The van der Waals surface area contributed by atoms with Crippen molar-refractivity contribution in [3.63, 3.8) is 0 Å². The van der Waals surface area contributed by atoms with Crippen molar-refractivity contribution >= 4 is 14.1 Å². The fraction of sp³-hybridized carbons (Fsp3) is 0.889. The first kappa shape index (κ1) is 13.3. The van der Waals surface area contributed by atoms with Crippen molar-refractivity contribution in [2.45, 2.75) is 32.7 Å². The molecule has 0 unspecified atom stereocenters. The van der Waals surface area contributed by atoms with Gasteiger partial charge in [-0.05, 0) is 27.2 Å². The highest BCUT2D eigenvalue weighted by atomic mass is 16.4. The Bertz CT molecular complexity index is 180. The molecule has 0 aromatic rings. The van der Waals surface area contributed by atoms with Gasteiger partial charge in [0.1, 0.15) is 0 Å². The Labute approximate surface area is 87.4 Å². The third kappa shape index (κ3) is 4.51. The molecule has 0 aliphatic carbocycles. The third-order valence-electron chi connectivity index (χ3n) is 1.91. The Balaban J connectivity index is 4.19. The van der Waals surface area contributed by atoms with Crippen molar-refractivity contribution in [3.05, 3.63) is 0 Å². The highest BCUT2D eigenvalue weighted by Gasteiger charge is 2.24. The van der Waals surface area contributed by atoms with E-state index in [0.29, 0.717) is 13.2 Å². The van der Waals surface area contributed by atoms with Crippen molar-refractivity contribution in [2.75, 3.05) is 20.2 Å². The molecular formula is C9H19BN2O2. The molecule has 0 fully saturated rings. The first-order chi connectivity index (χ1) is 6.43. The molecule has 80 valence electrons. The molecule has 0 aliphatic rings.